The highest BCUT2D eigenvalue weighted by molar-refractivity contribution is 5.79. The average molecular weight is 206 g/mol. The van der Waals surface area contributed by atoms with Crippen LogP contribution in [0.1, 0.15) is 19.3 Å². The first-order valence-electron chi connectivity index (χ1n) is 4.87. The maximum atomic E-state index is 11.9. The molecule has 0 bridgehead atoms. The molecule has 0 aromatic heterocycles. The van der Waals surface area contributed by atoms with Gasteiger partial charge in [-0.15, -0.1) is 0 Å². The van der Waals surface area contributed by atoms with Gasteiger partial charge >= 0.3 is 6.43 Å². The number of likely N-dealkylation sites (N-methyl/N-ethyl adjacent to an activating group) is 1. The highest BCUT2D eigenvalue weighted by atomic mass is 19.3. The van der Waals surface area contributed by atoms with Gasteiger partial charge in [-0.3, -0.25) is 4.79 Å². The Bertz CT molecular complexity index is 199. The summed E-state index contributed by atoms with van der Waals surface area (Å²) in [5.74, 6) is -1.16. The fourth-order valence-electron chi connectivity index (χ4n) is 1.70. The minimum absolute atomic E-state index is 0.214. The molecule has 1 rings (SSSR count). The lowest BCUT2D eigenvalue weighted by molar-refractivity contribution is -0.132. The first-order chi connectivity index (χ1) is 6.61. The molecule has 1 saturated heterocycles. The van der Waals surface area contributed by atoms with Gasteiger partial charge in [0.1, 0.15) is 0 Å². The monoisotopic (exact) mass is 206 g/mol. The highest BCUT2D eigenvalue weighted by Crippen LogP contribution is 2.13. The molecule has 14 heavy (non-hydrogen) atoms. The van der Waals surface area contributed by atoms with E-state index >= 15 is 0 Å². The van der Waals surface area contributed by atoms with Crippen molar-refractivity contribution in [2.75, 3.05) is 20.1 Å². The molecule has 1 aliphatic heterocycles. The second-order valence-corrected chi connectivity index (χ2v) is 3.68. The van der Waals surface area contributed by atoms with E-state index in [0.29, 0.717) is 6.54 Å². The quantitative estimate of drug-likeness (QED) is 0.742. The molecule has 5 heteroatoms. The summed E-state index contributed by atoms with van der Waals surface area (Å²) in [5, 5.41) is 2.25. The molecular weight excluding hydrogens is 190 g/mol. The Morgan fingerprint density at radius 1 is 1.57 bits per heavy atom. The van der Waals surface area contributed by atoms with Crippen LogP contribution in [-0.2, 0) is 4.79 Å². The van der Waals surface area contributed by atoms with E-state index in [1.54, 1.807) is 0 Å². The summed E-state index contributed by atoms with van der Waals surface area (Å²) in [7, 11) is 1.96. The normalized spacial score (nSPS) is 23.9. The van der Waals surface area contributed by atoms with Crippen molar-refractivity contribution in [3.63, 3.8) is 0 Å². The average Bonchev–Trinajstić information content (AvgIpc) is 2.16. The van der Waals surface area contributed by atoms with Crippen LogP contribution in [0.5, 0.6) is 0 Å². The summed E-state index contributed by atoms with van der Waals surface area (Å²) in [6, 6.07) is 0.214. The molecule has 3 nitrogen and oxygen atoms in total. The van der Waals surface area contributed by atoms with Crippen molar-refractivity contribution < 1.29 is 13.6 Å². The number of likely N-dealkylation sites (tertiary alicyclic amines) is 1. The predicted octanol–water partition coefficient (Wildman–Crippen LogP) is 0.852. The van der Waals surface area contributed by atoms with Crippen molar-refractivity contribution in [1.82, 2.24) is 10.2 Å². The fourth-order valence-corrected chi connectivity index (χ4v) is 1.70. The third-order valence-corrected chi connectivity index (χ3v) is 2.63. The first-order valence-corrected chi connectivity index (χ1v) is 4.87. The number of nitrogens with zero attached hydrogens (tertiary/aromatic N) is 1. The molecule has 1 heterocycles. The van der Waals surface area contributed by atoms with E-state index < -0.39 is 12.3 Å². The Morgan fingerprint density at radius 3 is 2.86 bits per heavy atom. The van der Waals surface area contributed by atoms with Gasteiger partial charge in [0.25, 0.3) is 5.91 Å². The lowest BCUT2D eigenvalue weighted by Gasteiger charge is -2.32. The van der Waals surface area contributed by atoms with Crippen molar-refractivity contribution >= 4 is 5.91 Å². The van der Waals surface area contributed by atoms with Crippen LogP contribution < -0.4 is 5.32 Å². The van der Waals surface area contributed by atoms with Crippen molar-refractivity contribution in [3.05, 3.63) is 0 Å². The van der Waals surface area contributed by atoms with E-state index in [0.717, 1.165) is 25.8 Å². The zero-order valence-electron chi connectivity index (χ0n) is 8.30. The maximum Gasteiger partial charge on any atom is 0.315 e. The van der Waals surface area contributed by atoms with E-state index in [-0.39, 0.29) is 6.04 Å². The summed E-state index contributed by atoms with van der Waals surface area (Å²) < 4.78 is 23.7. The van der Waals surface area contributed by atoms with Gasteiger partial charge in [0.2, 0.25) is 0 Å². The standard InChI is InChI=1S/C9H16F2N2O/c1-13-5-3-2-4-7(13)6-12-9(14)8(10)11/h7-8H,2-6H2,1H3,(H,12,14). The summed E-state index contributed by atoms with van der Waals surface area (Å²) >= 11 is 0. The van der Waals surface area contributed by atoms with E-state index in [1.807, 2.05) is 7.05 Å². The molecule has 82 valence electrons. The van der Waals surface area contributed by atoms with Crippen LogP contribution >= 0.6 is 0 Å². The lowest BCUT2D eigenvalue weighted by atomic mass is 10.0. The molecule has 0 radical (unpaired) electrons. The Hall–Kier alpha value is -0.710. The first kappa shape index (κ1) is 11.4. The second kappa shape index (κ2) is 5.24. The van der Waals surface area contributed by atoms with Crippen molar-refractivity contribution in [3.8, 4) is 0 Å². The molecule has 0 aliphatic carbocycles. The van der Waals surface area contributed by atoms with Crippen molar-refractivity contribution in [2.24, 2.45) is 0 Å². The number of piperidine rings is 1. The molecule has 0 saturated carbocycles. The summed E-state index contributed by atoms with van der Waals surface area (Å²) in [4.78, 5) is 12.7. The predicted molar refractivity (Wildman–Crippen MR) is 49.3 cm³/mol. The van der Waals surface area contributed by atoms with Crippen LogP contribution in [0, 0.1) is 0 Å². The van der Waals surface area contributed by atoms with E-state index in [1.165, 1.54) is 0 Å². The molecule has 1 fully saturated rings. The summed E-state index contributed by atoms with van der Waals surface area (Å²) in [6.07, 6.45) is 0.332. The van der Waals surface area contributed by atoms with Crippen molar-refractivity contribution in [2.45, 2.75) is 31.7 Å². The molecule has 1 amide bonds. The van der Waals surface area contributed by atoms with Gasteiger partial charge in [-0.2, -0.15) is 8.78 Å². The molecule has 0 aromatic rings. The van der Waals surface area contributed by atoms with E-state index in [2.05, 4.69) is 10.2 Å². The maximum absolute atomic E-state index is 11.9. The molecule has 0 spiro atoms. The highest BCUT2D eigenvalue weighted by Gasteiger charge is 2.21. The van der Waals surface area contributed by atoms with Crippen LogP contribution in [0.2, 0.25) is 0 Å². The number of carbonyl (C=O) groups excluding carboxylic acids is 1. The number of hydrogen-bond donors (Lipinski definition) is 1. The second-order valence-electron chi connectivity index (χ2n) is 3.68. The Kier molecular flexibility index (Phi) is 4.25. The Morgan fingerprint density at radius 2 is 2.29 bits per heavy atom. The van der Waals surface area contributed by atoms with E-state index in [4.69, 9.17) is 0 Å². The van der Waals surface area contributed by atoms with E-state index in [9.17, 15) is 13.6 Å². The third-order valence-electron chi connectivity index (χ3n) is 2.63. The number of hydrogen-bond acceptors (Lipinski definition) is 2. The molecule has 1 unspecified atom stereocenters. The molecule has 1 aliphatic rings. The zero-order valence-corrected chi connectivity index (χ0v) is 8.30. The van der Waals surface area contributed by atoms with Gasteiger partial charge < -0.3 is 10.2 Å². The number of carbonyl (C=O) groups is 1. The van der Waals surface area contributed by atoms with Gasteiger partial charge in [0, 0.05) is 12.6 Å². The Balaban J connectivity index is 2.26. The van der Waals surface area contributed by atoms with Crippen LogP contribution in [0.4, 0.5) is 8.78 Å². The summed E-state index contributed by atoms with van der Waals surface area (Å²) in [6.45, 7) is 1.31. The topological polar surface area (TPSA) is 32.3 Å². The number of amides is 1. The van der Waals surface area contributed by atoms with Crippen LogP contribution in [0.15, 0.2) is 0 Å². The van der Waals surface area contributed by atoms with Gasteiger partial charge in [-0.05, 0) is 26.4 Å². The van der Waals surface area contributed by atoms with Gasteiger partial charge in [0.05, 0.1) is 0 Å². The number of rotatable bonds is 3. The van der Waals surface area contributed by atoms with Gasteiger partial charge in [-0.25, -0.2) is 0 Å². The minimum atomic E-state index is -2.90. The number of nitrogens with one attached hydrogen (secondary N) is 1. The molecule has 0 aromatic carbocycles. The lowest BCUT2D eigenvalue weighted by Crippen LogP contribution is -2.45. The van der Waals surface area contributed by atoms with Crippen LogP contribution in [-0.4, -0.2) is 43.4 Å². The smallest absolute Gasteiger partial charge is 0.315 e. The molecule has 1 N–H and O–H groups in total. The van der Waals surface area contributed by atoms with Gasteiger partial charge in [0.15, 0.2) is 0 Å². The van der Waals surface area contributed by atoms with Crippen molar-refractivity contribution in [1.29, 1.82) is 0 Å². The molecular formula is C9H16F2N2O. The SMILES string of the molecule is CN1CCCCC1CNC(=O)C(F)F. The zero-order chi connectivity index (χ0) is 10.6. The molecule has 1 atom stereocenters. The largest absolute Gasteiger partial charge is 0.350 e. The minimum Gasteiger partial charge on any atom is -0.350 e. The van der Waals surface area contributed by atoms with Crippen LogP contribution in [0.3, 0.4) is 0 Å². The Labute approximate surface area is 82.5 Å². The fraction of sp³-hybridized carbons (Fsp3) is 0.889. The van der Waals surface area contributed by atoms with Crippen LogP contribution in [0.25, 0.3) is 0 Å². The van der Waals surface area contributed by atoms with Gasteiger partial charge in [-0.1, -0.05) is 6.42 Å². The summed E-state index contributed by atoms with van der Waals surface area (Å²) in [5.41, 5.74) is 0. The number of alkyl halides is 2. The number of halogens is 2. The third kappa shape index (κ3) is 3.21.